The van der Waals surface area contributed by atoms with Crippen molar-refractivity contribution in [3.8, 4) is 11.5 Å². The molecule has 7 nitrogen and oxygen atoms in total. The number of rotatable bonds is 5. The second kappa shape index (κ2) is 6.61. The second-order valence-corrected chi connectivity index (χ2v) is 7.51. The van der Waals surface area contributed by atoms with E-state index in [1.54, 1.807) is 20.8 Å². The van der Waals surface area contributed by atoms with Crippen LogP contribution in [0, 0.1) is 32.4 Å². The van der Waals surface area contributed by atoms with Gasteiger partial charge in [-0.15, -0.1) is 10.2 Å². The molecular weight excluding hydrogens is 366 g/mol. The molecule has 1 aromatic carbocycles. The SMILES string of the molecule is Cc1nnc(-c2c(C)[nH]c(C)c2S(=O)(=O)NCc2cc(F)cc(F)c2)o1. The lowest BCUT2D eigenvalue weighted by Crippen LogP contribution is -2.24. The van der Waals surface area contributed by atoms with Gasteiger partial charge in [0.2, 0.25) is 15.9 Å². The standard InChI is InChI=1S/C16H16F2N4O3S/c1-8-14(16-22-21-10(3)25-16)15(9(2)20-8)26(23,24)19-7-11-4-12(17)6-13(18)5-11/h4-6,19-20H,7H2,1-3H3. The van der Waals surface area contributed by atoms with Crippen molar-refractivity contribution >= 4 is 10.0 Å². The van der Waals surface area contributed by atoms with Crippen LogP contribution >= 0.6 is 0 Å². The van der Waals surface area contributed by atoms with Crippen molar-refractivity contribution in [3.63, 3.8) is 0 Å². The van der Waals surface area contributed by atoms with Gasteiger partial charge in [0.25, 0.3) is 5.89 Å². The van der Waals surface area contributed by atoms with E-state index in [1.165, 1.54) is 0 Å². The smallest absolute Gasteiger partial charge is 0.250 e. The van der Waals surface area contributed by atoms with E-state index in [0.29, 0.717) is 23.3 Å². The van der Waals surface area contributed by atoms with Gasteiger partial charge in [-0.3, -0.25) is 0 Å². The van der Waals surface area contributed by atoms with Crippen molar-refractivity contribution in [2.75, 3.05) is 0 Å². The number of aryl methyl sites for hydroxylation is 3. The first kappa shape index (κ1) is 18.2. The van der Waals surface area contributed by atoms with Crippen LogP contribution in [-0.2, 0) is 16.6 Å². The van der Waals surface area contributed by atoms with E-state index in [4.69, 9.17) is 4.42 Å². The van der Waals surface area contributed by atoms with Crippen molar-refractivity contribution in [2.45, 2.75) is 32.2 Å². The zero-order chi connectivity index (χ0) is 19.1. The van der Waals surface area contributed by atoms with Crippen LogP contribution in [-0.4, -0.2) is 23.6 Å². The maximum Gasteiger partial charge on any atom is 0.250 e. The second-order valence-electron chi connectivity index (χ2n) is 5.81. The molecule has 0 radical (unpaired) electrons. The van der Waals surface area contributed by atoms with E-state index in [-0.39, 0.29) is 28.5 Å². The minimum Gasteiger partial charge on any atom is -0.421 e. The number of aromatic nitrogens is 3. The summed E-state index contributed by atoms with van der Waals surface area (Å²) in [5.74, 6) is -1.20. The average molecular weight is 382 g/mol. The molecule has 2 N–H and O–H groups in total. The summed E-state index contributed by atoms with van der Waals surface area (Å²) in [6, 6.07) is 2.83. The van der Waals surface area contributed by atoms with E-state index in [0.717, 1.165) is 12.1 Å². The highest BCUT2D eigenvalue weighted by Crippen LogP contribution is 2.32. The third-order valence-corrected chi connectivity index (χ3v) is 5.29. The van der Waals surface area contributed by atoms with Gasteiger partial charge in [-0.1, -0.05) is 0 Å². The summed E-state index contributed by atoms with van der Waals surface area (Å²) >= 11 is 0. The molecule has 3 rings (SSSR count). The number of nitrogens with one attached hydrogen (secondary N) is 2. The third-order valence-electron chi connectivity index (χ3n) is 3.71. The van der Waals surface area contributed by atoms with Gasteiger partial charge in [0.15, 0.2) is 0 Å². The Hall–Kier alpha value is -2.59. The normalized spacial score (nSPS) is 11.9. The maximum absolute atomic E-state index is 13.3. The first-order valence-electron chi connectivity index (χ1n) is 7.61. The van der Waals surface area contributed by atoms with Crippen LogP contribution in [0.2, 0.25) is 0 Å². The quantitative estimate of drug-likeness (QED) is 0.707. The fourth-order valence-corrected chi connectivity index (χ4v) is 4.18. The van der Waals surface area contributed by atoms with Crippen molar-refractivity contribution in [2.24, 2.45) is 0 Å². The Balaban J connectivity index is 1.97. The zero-order valence-electron chi connectivity index (χ0n) is 14.2. The summed E-state index contributed by atoms with van der Waals surface area (Å²) in [5.41, 5.74) is 1.35. The summed E-state index contributed by atoms with van der Waals surface area (Å²) in [6.07, 6.45) is 0. The fourth-order valence-electron chi connectivity index (χ4n) is 2.71. The Morgan fingerprint density at radius 2 is 1.73 bits per heavy atom. The van der Waals surface area contributed by atoms with E-state index >= 15 is 0 Å². The molecule has 0 saturated carbocycles. The number of hydrogen-bond donors (Lipinski definition) is 2. The summed E-state index contributed by atoms with van der Waals surface area (Å²) in [6.45, 7) is 4.60. The van der Waals surface area contributed by atoms with Crippen LogP contribution in [0.15, 0.2) is 27.5 Å². The van der Waals surface area contributed by atoms with Crippen molar-refractivity contribution < 1.29 is 21.6 Å². The molecule has 0 atom stereocenters. The number of nitrogens with zero attached hydrogens (tertiary/aromatic N) is 2. The van der Waals surface area contributed by atoms with Gasteiger partial charge in [0, 0.05) is 30.9 Å². The molecule has 3 aromatic rings. The summed E-state index contributed by atoms with van der Waals surface area (Å²) in [7, 11) is -4.02. The molecule has 10 heteroatoms. The van der Waals surface area contributed by atoms with Gasteiger partial charge in [-0.05, 0) is 31.5 Å². The molecule has 0 saturated heterocycles. The first-order chi connectivity index (χ1) is 12.2. The topological polar surface area (TPSA) is 101 Å². The lowest BCUT2D eigenvalue weighted by atomic mass is 10.2. The molecule has 0 amide bonds. The largest absolute Gasteiger partial charge is 0.421 e. The monoisotopic (exact) mass is 382 g/mol. The van der Waals surface area contributed by atoms with Gasteiger partial charge in [-0.2, -0.15) is 0 Å². The number of H-pyrrole nitrogens is 1. The van der Waals surface area contributed by atoms with Crippen LogP contribution in [0.25, 0.3) is 11.5 Å². The van der Waals surface area contributed by atoms with Crippen molar-refractivity contribution in [1.29, 1.82) is 0 Å². The van der Waals surface area contributed by atoms with Crippen LogP contribution in [0.4, 0.5) is 8.78 Å². The van der Waals surface area contributed by atoms with Crippen LogP contribution in [0.3, 0.4) is 0 Å². The van der Waals surface area contributed by atoms with Gasteiger partial charge >= 0.3 is 0 Å². The van der Waals surface area contributed by atoms with Crippen LogP contribution in [0.5, 0.6) is 0 Å². The molecular formula is C16H16F2N4O3S. The first-order valence-corrected chi connectivity index (χ1v) is 9.10. The number of benzene rings is 1. The van der Waals surface area contributed by atoms with Crippen LogP contribution < -0.4 is 4.72 Å². The van der Waals surface area contributed by atoms with E-state index in [2.05, 4.69) is 19.9 Å². The Bertz CT molecular complexity index is 1050. The zero-order valence-corrected chi connectivity index (χ0v) is 15.0. The molecule has 0 aliphatic rings. The highest BCUT2D eigenvalue weighted by atomic mass is 32.2. The molecule has 138 valence electrons. The van der Waals surface area contributed by atoms with Gasteiger partial charge in [0.1, 0.15) is 16.5 Å². The fraction of sp³-hybridized carbons (Fsp3) is 0.250. The van der Waals surface area contributed by atoms with Gasteiger partial charge in [0.05, 0.1) is 5.56 Å². The third kappa shape index (κ3) is 3.51. The predicted octanol–water partition coefficient (Wildman–Crippen LogP) is 2.75. The number of aromatic amines is 1. The van der Waals surface area contributed by atoms with Gasteiger partial charge in [-0.25, -0.2) is 21.9 Å². The minimum absolute atomic E-state index is 0.0458. The average Bonchev–Trinajstić information content (AvgIpc) is 3.07. The van der Waals surface area contributed by atoms with E-state index in [1.807, 2.05) is 0 Å². The lowest BCUT2D eigenvalue weighted by Gasteiger charge is -2.08. The molecule has 0 unspecified atom stereocenters. The van der Waals surface area contributed by atoms with Crippen molar-refractivity contribution in [3.05, 3.63) is 52.7 Å². The summed E-state index contributed by atoms with van der Waals surface area (Å²) in [4.78, 5) is 2.89. The molecule has 0 aliphatic heterocycles. The van der Waals surface area contributed by atoms with E-state index < -0.39 is 21.7 Å². The number of halogens is 2. The highest BCUT2D eigenvalue weighted by Gasteiger charge is 2.28. The van der Waals surface area contributed by atoms with Gasteiger partial charge < -0.3 is 9.40 Å². The number of hydrogen-bond acceptors (Lipinski definition) is 5. The Labute approximate surface area is 148 Å². The molecule has 26 heavy (non-hydrogen) atoms. The Kier molecular flexibility index (Phi) is 4.63. The lowest BCUT2D eigenvalue weighted by molar-refractivity contribution is 0.530. The van der Waals surface area contributed by atoms with Crippen molar-refractivity contribution in [1.82, 2.24) is 19.9 Å². The number of sulfonamides is 1. The molecule has 0 aliphatic carbocycles. The minimum atomic E-state index is -4.02. The van der Waals surface area contributed by atoms with Crippen LogP contribution in [0.1, 0.15) is 22.8 Å². The van der Waals surface area contributed by atoms with E-state index in [9.17, 15) is 17.2 Å². The molecule has 2 aromatic heterocycles. The molecule has 2 heterocycles. The molecule has 0 bridgehead atoms. The molecule has 0 spiro atoms. The Morgan fingerprint density at radius 1 is 1.08 bits per heavy atom. The summed E-state index contributed by atoms with van der Waals surface area (Å²) in [5, 5.41) is 7.60. The molecule has 0 fully saturated rings. The Morgan fingerprint density at radius 3 is 2.31 bits per heavy atom. The predicted molar refractivity (Wildman–Crippen MR) is 88.7 cm³/mol. The highest BCUT2D eigenvalue weighted by molar-refractivity contribution is 7.89. The summed E-state index contributed by atoms with van der Waals surface area (Å²) < 4.78 is 59.9. The maximum atomic E-state index is 13.3.